The highest BCUT2D eigenvalue weighted by Gasteiger charge is 2.18. The minimum absolute atomic E-state index is 1.31. The van der Waals surface area contributed by atoms with Crippen molar-refractivity contribution in [3.8, 4) is 0 Å². The van der Waals surface area contributed by atoms with Crippen LogP contribution in [-0.4, -0.2) is 0 Å². The van der Waals surface area contributed by atoms with Crippen LogP contribution in [0.3, 0.4) is 0 Å². The van der Waals surface area contributed by atoms with Gasteiger partial charge in [0, 0.05) is 0 Å². The van der Waals surface area contributed by atoms with Crippen molar-refractivity contribution in [2.24, 2.45) is 0 Å². The summed E-state index contributed by atoms with van der Waals surface area (Å²) in [4.78, 5) is 0. The Morgan fingerprint density at radius 1 is 0.0870 bits per heavy atom. The first-order valence-electron chi connectivity index (χ1n) is 48.3. The van der Waals surface area contributed by atoms with Gasteiger partial charge in [-0.1, -0.05) is 484 Å². The Kier molecular flexibility index (Phi) is 22.3. The van der Waals surface area contributed by atoms with Gasteiger partial charge in [-0.05, 0) is 326 Å². The van der Waals surface area contributed by atoms with Gasteiger partial charge in [0.05, 0.1) is 0 Å². The maximum atomic E-state index is 2.33. The summed E-state index contributed by atoms with van der Waals surface area (Å²) in [5.74, 6) is 0. The molecule has 30 aromatic carbocycles. The summed E-state index contributed by atoms with van der Waals surface area (Å²) in [6.45, 7) is 17.4. The van der Waals surface area contributed by atoms with Gasteiger partial charge in [0.15, 0.2) is 0 Å². The molecule has 138 heavy (non-hydrogen) atoms. The predicted molar refractivity (Wildman–Crippen MR) is 608 cm³/mol. The third-order valence-electron chi connectivity index (χ3n) is 28.8. The van der Waals surface area contributed by atoms with E-state index < -0.39 is 0 Å². The number of hydrogen-bond donors (Lipinski definition) is 0. The second-order valence-electron chi connectivity index (χ2n) is 37.6. The molecule has 0 unspecified atom stereocenters. The number of benzene rings is 30. The molecular weight excluding hydrogens is 1660 g/mol. The van der Waals surface area contributed by atoms with E-state index in [2.05, 4.69) is 529 Å². The summed E-state index contributed by atoms with van der Waals surface area (Å²) in [5, 5.41) is 59.7. The lowest BCUT2D eigenvalue weighted by atomic mass is 9.88. The third-order valence-corrected chi connectivity index (χ3v) is 28.8. The minimum atomic E-state index is 1.31. The van der Waals surface area contributed by atoms with Crippen molar-refractivity contribution in [1.29, 1.82) is 0 Å². The normalized spacial score (nSPS) is 11.5. The molecule has 0 atom stereocenters. The summed E-state index contributed by atoms with van der Waals surface area (Å²) in [7, 11) is 0. The summed E-state index contributed by atoms with van der Waals surface area (Å²) in [6, 6.07) is 171. The van der Waals surface area contributed by atoms with E-state index in [4.69, 9.17) is 0 Å². The molecule has 0 N–H and O–H groups in total. The van der Waals surface area contributed by atoms with E-state index in [1.165, 1.54) is 282 Å². The summed E-state index contributed by atoms with van der Waals surface area (Å²) in [5.41, 5.74) is 10.7. The lowest BCUT2D eigenvalue weighted by Crippen LogP contribution is -1.88. The molecule has 0 aliphatic carbocycles. The van der Waals surface area contributed by atoms with Gasteiger partial charge in [0.25, 0.3) is 0 Å². The SMILES string of the molecule is Cc1cc2cccc3c4cccc5cccc(c(c1)c23)c54.Cc1cc2ccccc2c2ccccc12.Cc1ccc2c(ccc3ccccc32)c1.Cc1ccc2c3cccc4cccc(c5cccc1c52)c43.Cc1ccc2ccc3ccccc3c2c1.Cc1ccc2cccc3c4cccc5cccc(c1c23)c54.Cc1cccc2c1ccc1ccccc12.Cc1cccc2ccc3ccccc3c12. The molecule has 0 aliphatic rings. The first-order valence-corrected chi connectivity index (χ1v) is 48.3. The van der Waals surface area contributed by atoms with Crippen LogP contribution in [0.4, 0.5) is 0 Å². The lowest BCUT2D eigenvalue weighted by Gasteiger charge is -2.15. The second-order valence-corrected chi connectivity index (χ2v) is 37.6. The molecule has 30 aromatic rings. The molecule has 0 saturated carbocycles. The molecule has 30 rings (SSSR count). The van der Waals surface area contributed by atoms with E-state index in [1.54, 1.807) is 0 Å². The van der Waals surface area contributed by atoms with Crippen LogP contribution in [0.2, 0.25) is 0 Å². The molecule has 0 saturated heterocycles. The van der Waals surface area contributed by atoms with E-state index in [0.29, 0.717) is 0 Å². The van der Waals surface area contributed by atoms with Crippen LogP contribution in [0.25, 0.3) is 237 Å². The Hall–Kier alpha value is -16.9. The smallest absolute Gasteiger partial charge is 0.00237 e. The summed E-state index contributed by atoms with van der Waals surface area (Å²) < 4.78 is 0. The average Bonchev–Trinajstić information content (AvgIpc) is 0.723. The van der Waals surface area contributed by atoms with Crippen molar-refractivity contribution in [1.82, 2.24) is 0 Å². The fraction of sp³-hybridized carbons (Fsp3) is 0.0580. The monoisotopic (exact) mass is 1760 g/mol. The zero-order chi connectivity index (χ0) is 93.2. The Morgan fingerprint density at radius 3 is 0.920 bits per heavy atom. The van der Waals surface area contributed by atoms with Crippen molar-refractivity contribution >= 4 is 237 Å². The third kappa shape index (κ3) is 15.5. The zero-order valence-electron chi connectivity index (χ0n) is 79.0. The second kappa shape index (κ2) is 36.1. The number of hydrogen-bond acceptors (Lipinski definition) is 0. The largest absolute Gasteiger partial charge is 0.0616 e. The molecule has 0 radical (unpaired) electrons. The Labute approximate surface area is 804 Å². The van der Waals surface area contributed by atoms with E-state index in [1.807, 2.05) is 0 Å². The molecule has 0 spiro atoms. The lowest BCUT2D eigenvalue weighted by molar-refractivity contribution is 1.51. The molecule has 0 heteroatoms. The van der Waals surface area contributed by atoms with Gasteiger partial charge in [-0.25, -0.2) is 0 Å². The van der Waals surface area contributed by atoms with Crippen molar-refractivity contribution < 1.29 is 0 Å². The van der Waals surface area contributed by atoms with Gasteiger partial charge in [0.1, 0.15) is 0 Å². The number of aryl methyl sites for hydroxylation is 8. The summed E-state index contributed by atoms with van der Waals surface area (Å²) in [6.07, 6.45) is 0. The van der Waals surface area contributed by atoms with Gasteiger partial charge in [-0.15, -0.1) is 0 Å². The average molecular weight is 1760 g/mol. The van der Waals surface area contributed by atoms with Crippen LogP contribution in [0, 0.1) is 55.4 Å². The molecule has 0 heterocycles. The van der Waals surface area contributed by atoms with Crippen molar-refractivity contribution in [3.63, 3.8) is 0 Å². The Balaban J connectivity index is 0.0000000888. The van der Waals surface area contributed by atoms with Crippen molar-refractivity contribution in [2.45, 2.75) is 55.4 Å². The molecule has 0 bridgehead atoms. The molecular formula is C138H102. The van der Waals surface area contributed by atoms with Gasteiger partial charge in [-0.3, -0.25) is 0 Å². The minimum Gasteiger partial charge on any atom is -0.0616 e. The fourth-order valence-corrected chi connectivity index (χ4v) is 22.4. The highest BCUT2D eigenvalue weighted by atomic mass is 14.2. The maximum absolute atomic E-state index is 2.33. The molecule has 654 valence electrons. The Bertz CT molecular complexity index is 9760. The maximum Gasteiger partial charge on any atom is -0.00237 e. The number of fused-ring (bicyclic) bond motifs is 21. The highest BCUT2D eigenvalue weighted by molar-refractivity contribution is 6.36. The van der Waals surface area contributed by atoms with E-state index >= 15 is 0 Å². The van der Waals surface area contributed by atoms with Crippen LogP contribution in [0.1, 0.15) is 44.5 Å². The summed E-state index contributed by atoms with van der Waals surface area (Å²) >= 11 is 0. The molecule has 0 fully saturated rings. The van der Waals surface area contributed by atoms with Crippen LogP contribution in [0.5, 0.6) is 0 Å². The topological polar surface area (TPSA) is 0 Å². The highest BCUT2D eigenvalue weighted by Crippen LogP contribution is 2.46. The zero-order valence-corrected chi connectivity index (χ0v) is 79.0. The van der Waals surface area contributed by atoms with Crippen LogP contribution < -0.4 is 0 Å². The fourth-order valence-electron chi connectivity index (χ4n) is 22.4. The Morgan fingerprint density at radius 2 is 0.341 bits per heavy atom. The molecule has 0 nitrogen and oxygen atoms in total. The van der Waals surface area contributed by atoms with Crippen LogP contribution in [-0.2, 0) is 0 Å². The van der Waals surface area contributed by atoms with Gasteiger partial charge in [-0.2, -0.15) is 0 Å². The van der Waals surface area contributed by atoms with Crippen LogP contribution >= 0.6 is 0 Å². The molecule has 0 aliphatic heterocycles. The van der Waals surface area contributed by atoms with Gasteiger partial charge >= 0.3 is 0 Å². The molecule has 0 amide bonds. The van der Waals surface area contributed by atoms with Crippen LogP contribution in [0.15, 0.2) is 473 Å². The number of rotatable bonds is 0. The van der Waals surface area contributed by atoms with Crippen molar-refractivity contribution in [3.05, 3.63) is 518 Å². The van der Waals surface area contributed by atoms with Gasteiger partial charge in [0.2, 0.25) is 0 Å². The molecule has 0 aromatic heterocycles. The van der Waals surface area contributed by atoms with E-state index in [0.717, 1.165) is 0 Å². The van der Waals surface area contributed by atoms with Gasteiger partial charge < -0.3 is 0 Å². The predicted octanol–water partition coefficient (Wildman–Crippen LogP) is 39.6. The van der Waals surface area contributed by atoms with Crippen molar-refractivity contribution in [2.75, 3.05) is 0 Å². The first kappa shape index (κ1) is 85.3. The quantitative estimate of drug-likeness (QED) is 0.105. The standard InChI is InChI=1S/3C21H14.5C15H12/c1-13-11-12-15-7-3-9-17-16-8-2-5-14-6-4-10-18(20(14)16)19(13)21(15)17;1-13-11-15-7-4-9-17-16-8-2-5-14-6-3-10-18(20(14)16)19(12-13)21(15)17;1-13-11-12-19-17-9-3-6-14-5-2-8-16(20(14)17)18-10-4-7-15(13)21(18)19;1-11-5-4-7-13-10-9-12-6-2-3-8-14(12)15(11)13;1-11-10-12-6-2-3-8-14(12)15-9-5-4-7-13(11)15;1-11-5-4-8-15-13(11)10-9-12-6-2-3-7-14(12)15;1-11-6-9-15-13(10-11)8-7-12-4-2-3-5-14(12)15;1-11-6-7-13-9-8-12-4-2-3-5-14(12)15(13)10-11/h3*2-12H,1H3;5*2-10H,1H3. The van der Waals surface area contributed by atoms with E-state index in [-0.39, 0.29) is 0 Å². The first-order chi connectivity index (χ1) is 67.8. The van der Waals surface area contributed by atoms with E-state index in [9.17, 15) is 0 Å².